The normalized spacial score (nSPS) is 16.4. The molecule has 0 spiro atoms. The molecule has 278 valence electrons. The Balaban J connectivity index is 0.000000872. The summed E-state index contributed by atoms with van der Waals surface area (Å²) >= 11 is 0. The van der Waals surface area contributed by atoms with E-state index in [1.165, 1.54) is 63.8 Å². The van der Waals surface area contributed by atoms with Gasteiger partial charge in [-0.05, 0) is 87.5 Å². The van der Waals surface area contributed by atoms with Crippen molar-refractivity contribution in [1.29, 1.82) is 0 Å². The first kappa shape index (κ1) is 40.7. The number of piperidine rings is 2. The molecule has 2 saturated heterocycles. The SMILES string of the molecule is CCCCN=C(N)NC(=O)CCc1ccc(-c2ccc(CN3CCC(N4CCCCC4)CC3)cc2)c(OCCCOC)c1.O=C(O)C(F)(F)F. The summed E-state index contributed by atoms with van der Waals surface area (Å²) in [6.45, 7) is 9.91. The molecular weight excluding hydrogens is 651 g/mol. The van der Waals surface area contributed by atoms with Crippen LogP contribution in [0.2, 0.25) is 0 Å². The van der Waals surface area contributed by atoms with Crippen LogP contribution in [0, 0.1) is 0 Å². The molecule has 1 amide bonds. The summed E-state index contributed by atoms with van der Waals surface area (Å²) < 4.78 is 43.2. The predicted octanol–water partition coefficient (Wildman–Crippen LogP) is 6.02. The van der Waals surface area contributed by atoms with Crippen LogP contribution in [0.25, 0.3) is 11.1 Å². The average Bonchev–Trinajstić information content (AvgIpc) is 3.10. The average molecular weight is 706 g/mol. The minimum Gasteiger partial charge on any atom is -0.493 e. The molecule has 2 heterocycles. The van der Waals surface area contributed by atoms with Gasteiger partial charge in [-0.2, -0.15) is 13.2 Å². The molecule has 2 aliphatic heterocycles. The summed E-state index contributed by atoms with van der Waals surface area (Å²) in [6, 6.07) is 16.0. The van der Waals surface area contributed by atoms with Crippen LogP contribution < -0.4 is 15.8 Å². The standard InChI is InChI=1S/C35H53N5O3.C2HF3O2/c1-3-4-19-37-35(36)38-34(41)16-12-28-11-15-32(33(26-28)43-25-8-24-42-2)30-13-9-29(10-14-30)27-39-22-17-31(18-23-39)40-20-6-5-7-21-40;3-2(4,5)1(6)7/h9-11,13-15,26,31H,3-8,12,16-25,27H2,1-2H3,(H3,36,37,38,41);(H,6,7). The number of amides is 1. The van der Waals surface area contributed by atoms with Crippen LogP contribution in [0.15, 0.2) is 47.5 Å². The largest absolute Gasteiger partial charge is 0.493 e. The van der Waals surface area contributed by atoms with E-state index in [1.807, 2.05) is 0 Å². The first-order valence-corrected chi connectivity index (χ1v) is 17.7. The number of guanidine groups is 1. The minimum absolute atomic E-state index is 0.129. The molecule has 2 aromatic carbocycles. The van der Waals surface area contributed by atoms with Gasteiger partial charge in [0.15, 0.2) is 5.96 Å². The number of unbranched alkanes of at least 4 members (excludes halogenated alkanes) is 1. The molecule has 0 unspecified atom stereocenters. The third-order valence-corrected chi connectivity index (χ3v) is 8.88. The van der Waals surface area contributed by atoms with Crippen LogP contribution in [-0.4, -0.2) is 98.0 Å². The Morgan fingerprint density at radius 2 is 1.64 bits per heavy atom. The van der Waals surface area contributed by atoms with Gasteiger partial charge in [-0.25, -0.2) is 4.79 Å². The van der Waals surface area contributed by atoms with Crippen molar-refractivity contribution in [2.75, 3.05) is 53.0 Å². The molecule has 4 rings (SSSR count). The molecule has 0 aliphatic carbocycles. The smallest absolute Gasteiger partial charge is 0.490 e. The van der Waals surface area contributed by atoms with Crippen molar-refractivity contribution >= 4 is 17.8 Å². The molecule has 50 heavy (non-hydrogen) atoms. The van der Waals surface area contributed by atoms with E-state index in [-0.39, 0.29) is 11.9 Å². The summed E-state index contributed by atoms with van der Waals surface area (Å²) in [5.41, 5.74) is 10.4. The van der Waals surface area contributed by atoms with Gasteiger partial charge in [0.05, 0.1) is 6.61 Å². The van der Waals surface area contributed by atoms with Crippen LogP contribution in [0.4, 0.5) is 13.2 Å². The van der Waals surface area contributed by atoms with Crippen molar-refractivity contribution in [1.82, 2.24) is 15.1 Å². The fraction of sp³-hybridized carbons (Fsp3) is 0.595. The second-order valence-electron chi connectivity index (χ2n) is 12.8. The van der Waals surface area contributed by atoms with Crippen molar-refractivity contribution in [2.45, 2.75) is 89.9 Å². The predicted molar refractivity (Wildman–Crippen MR) is 189 cm³/mol. The lowest BCUT2D eigenvalue weighted by atomic mass is 9.98. The highest BCUT2D eigenvalue weighted by molar-refractivity contribution is 5.96. The summed E-state index contributed by atoms with van der Waals surface area (Å²) in [4.78, 5) is 30.9. The highest BCUT2D eigenvalue weighted by Gasteiger charge is 2.38. The molecule has 2 aromatic rings. The number of carbonyl (C=O) groups is 2. The summed E-state index contributed by atoms with van der Waals surface area (Å²) in [7, 11) is 1.71. The molecule has 13 heteroatoms. The van der Waals surface area contributed by atoms with Crippen molar-refractivity contribution in [3.8, 4) is 16.9 Å². The Hall–Kier alpha value is -3.68. The number of nitrogens with two attached hydrogens (primary N) is 1. The third-order valence-electron chi connectivity index (χ3n) is 8.88. The second-order valence-corrected chi connectivity index (χ2v) is 12.8. The van der Waals surface area contributed by atoms with Gasteiger partial charge in [-0.15, -0.1) is 0 Å². The van der Waals surface area contributed by atoms with Gasteiger partial charge in [0.1, 0.15) is 5.75 Å². The quantitative estimate of drug-likeness (QED) is 0.117. The number of rotatable bonds is 15. The number of carboxylic acids is 1. The number of aryl methyl sites for hydroxylation is 1. The van der Waals surface area contributed by atoms with Crippen LogP contribution in [0.1, 0.15) is 75.8 Å². The minimum atomic E-state index is -5.08. The Morgan fingerprint density at radius 3 is 2.26 bits per heavy atom. The Bertz CT molecular complexity index is 1340. The maximum atomic E-state index is 12.4. The first-order chi connectivity index (χ1) is 24.0. The van der Waals surface area contributed by atoms with Crippen LogP contribution in [-0.2, 0) is 27.3 Å². The van der Waals surface area contributed by atoms with Crippen LogP contribution >= 0.6 is 0 Å². The van der Waals surface area contributed by atoms with E-state index < -0.39 is 12.1 Å². The number of nitrogens with zero attached hydrogens (tertiary/aromatic N) is 3. The first-order valence-electron chi connectivity index (χ1n) is 17.7. The number of likely N-dealkylation sites (tertiary alicyclic amines) is 2. The number of hydrogen-bond donors (Lipinski definition) is 3. The monoisotopic (exact) mass is 705 g/mol. The van der Waals surface area contributed by atoms with Gasteiger partial charge in [0, 0.05) is 51.3 Å². The van der Waals surface area contributed by atoms with Crippen molar-refractivity contribution in [3.63, 3.8) is 0 Å². The van der Waals surface area contributed by atoms with E-state index in [9.17, 15) is 18.0 Å². The van der Waals surface area contributed by atoms with Gasteiger partial charge in [0.25, 0.3) is 0 Å². The lowest BCUT2D eigenvalue weighted by Crippen LogP contribution is -2.46. The zero-order chi connectivity index (χ0) is 36.4. The van der Waals surface area contributed by atoms with Crippen molar-refractivity contribution in [2.24, 2.45) is 10.7 Å². The third kappa shape index (κ3) is 14.7. The number of carboxylic acid groups (broad SMARTS) is 1. The topological polar surface area (TPSA) is 130 Å². The van der Waals surface area contributed by atoms with Gasteiger partial charge < -0.3 is 25.2 Å². The Labute approximate surface area is 294 Å². The number of aliphatic imine (C=N–C) groups is 1. The van der Waals surface area contributed by atoms with E-state index >= 15 is 0 Å². The molecule has 4 N–H and O–H groups in total. The molecule has 2 aliphatic rings. The highest BCUT2D eigenvalue weighted by atomic mass is 19.4. The number of nitrogens with one attached hydrogen (secondary N) is 1. The number of benzene rings is 2. The molecule has 0 aromatic heterocycles. The maximum absolute atomic E-state index is 12.4. The van der Waals surface area contributed by atoms with Gasteiger partial charge in [-0.3, -0.25) is 20.0 Å². The van der Waals surface area contributed by atoms with Crippen LogP contribution in [0.5, 0.6) is 5.75 Å². The van der Waals surface area contributed by atoms with E-state index in [0.29, 0.717) is 32.6 Å². The number of halogens is 3. The lowest BCUT2D eigenvalue weighted by Gasteiger charge is -2.40. The molecule has 0 bridgehead atoms. The molecule has 0 radical (unpaired) electrons. The van der Waals surface area contributed by atoms with Gasteiger partial charge in [-0.1, -0.05) is 56.2 Å². The van der Waals surface area contributed by atoms with Gasteiger partial charge in [0.2, 0.25) is 5.91 Å². The highest BCUT2D eigenvalue weighted by Crippen LogP contribution is 2.32. The fourth-order valence-corrected chi connectivity index (χ4v) is 6.10. The zero-order valence-corrected chi connectivity index (χ0v) is 29.5. The number of methoxy groups -OCH3 is 1. The van der Waals surface area contributed by atoms with Crippen LogP contribution in [0.3, 0.4) is 0 Å². The molecule has 0 atom stereocenters. The van der Waals surface area contributed by atoms with E-state index in [2.05, 4.69) is 69.5 Å². The van der Waals surface area contributed by atoms with Crippen molar-refractivity contribution in [3.05, 3.63) is 53.6 Å². The number of aliphatic carboxylic acids is 1. The molecular formula is C37H54F3N5O5. The van der Waals surface area contributed by atoms with E-state index in [1.54, 1.807) is 7.11 Å². The van der Waals surface area contributed by atoms with E-state index in [0.717, 1.165) is 54.3 Å². The summed E-state index contributed by atoms with van der Waals surface area (Å²) in [5, 5.41) is 9.82. The molecule has 10 nitrogen and oxygen atoms in total. The number of carbonyl (C=O) groups excluding carboxylic acids is 1. The van der Waals surface area contributed by atoms with Crippen molar-refractivity contribution < 1.29 is 37.3 Å². The second kappa shape index (κ2) is 21.5. The number of alkyl halides is 3. The molecule has 2 fully saturated rings. The summed E-state index contributed by atoms with van der Waals surface area (Å²) in [6.07, 6.45) is 5.37. The number of ether oxygens (including phenoxy) is 2. The lowest BCUT2D eigenvalue weighted by molar-refractivity contribution is -0.192. The summed E-state index contributed by atoms with van der Waals surface area (Å²) in [5.74, 6) is -1.85. The number of hydrogen-bond acceptors (Lipinski definition) is 7. The fourth-order valence-electron chi connectivity index (χ4n) is 6.10. The maximum Gasteiger partial charge on any atom is 0.490 e. The molecule has 0 saturated carbocycles. The van der Waals surface area contributed by atoms with Gasteiger partial charge >= 0.3 is 12.1 Å². The Morgan fingerprint density at radius 1 is 0.980 bits per heavy atom. The zero-order valence-electron chi connectivity index (χ0n) is 29.5. The van der Waals surface area contributed by atoms with E-state index in [4.69, 9.17) is 25.1 Å². The Kier molecular flexibility index (Phi) is 17.5.